The van der Waals surface area contributed by atoms with Crippen molar-refractivity contribution in [2.24, 2.45) is 0 Å². The van der Waals surface area contributed by atoms with Gasteiger partial charge in [-0.15, -0.1) is 11.3 Å². The molecule has 0 spiro atoms. The lowest BCUT2D eigenvalue weighted by Crippen LogP contribution is -2.39. The molecular formula is C18H19N3O2S2. The Bertz CT molecular complexity index is 964. The van der Waals surface area contributed by atoms with Crippen molar-refractivity contribution in [1.29, 1.82) is 0 Å². The first-order valence-corrected chi connectivity index (χ1v) is 10.5. The Kier molecular flexibility index (Phi) is 4.23. The quantitative estimate of drug-likeness (QED) is 0.714. The van der Waals surface area contributed by atoms with Crippen LogP contribution in [-0.2, 0) is 10.0 Å². The van der Waals surface area contributed by atoms with Gasteiger partial charge in [0, 0.05) is 24.7 Å². The maximum atomic E-state index is 12.9. The first-order chi connectivity index (χ1) is 12.0. The van der Waals surface area contributed by atoms with Crippen LogP contribution in [0.4, 0.5) is 5.69 Å². The molecule has 1 saturated heterocycles. The molecule has 0 saturated carbocycles. The van der Waals surface area contributed by atoms with E-state index in [9.17, 15) is 8.42 Å². The fourth-order valence-corrected chi connectivity index (χ4v) is 5.83. The number of piperidine rings is 1. The van der Waals surface area contributed by atoms with Gasteiger partial charge in [0.2, 0.25) is 10.0 Å². The van der Waals surface area contributed by atoms with Gasteiger partial charge in [0.1, 0.15) is 0 Å². The zero-order chi connectivity index (χ0) is 17.4. The van der Waals surface area contributed by atoms with Crippen molar-refractivity contribution in [2.45, 2.75) is 23.7 Å². The zero-order valence-corrected chi connectivity index (χ0v) is 15.3. The molecular weight excluding hydrogens is 354 g/mol. The van der Waals surface area contributed by atoms with Crippen LogP contribution in [0.25, 0.3) is 10.2 Å². The van der Waals surface area contributed by atoms with E-state index in [4.69, 9.17) is 10.7 Å². The van der Waals surface area contributed by atoms with Gasteiger partial charge in [-0.3, -0.25) is 0 Å². The number of nitrogen functional groups attached to an aromatic ring is 1. The molecule has 5 nitrogen and oxygen atoms in total. The number of benzene rings is 2. The van der Waals surface area contributed by atoms with Crippen LogP contribution < -0.4 is 5.73 Å². The summed E-state index contributed by atoms with van der Waals surface area (Å²) in [7, 11) is -3.50. The summed E-state index contributed by atoms with van der Waals surface area (Å²) in [6.07, 6.45) is 1.81. The molecule has 1 aliphatic heterocycles. The molecule has 0 bridgehead atoms. The standard InChI is InChI=1S/C18H19N3O2S2/c19-14-7-9-15(10-8-14)25(22,23)21-11-3-4-13(12-21)18-20-16-5-1-2-6-17(16)24-18/h1-2,5-10,13H,3-4,11-12,19H2. The molecule has 4 rings (SSSR count). The van der Waals surface area contributed by atoms with Gasteiger partial charge < -0.3 is 5.73 Å². The largest absolute Gasteiger partial charge is 0.399 e. The van der Waals surface area contributed by atoms with Crippen molar-refractivity contribution in [1.82, 2.24) is 9.29 Å². The minimum atomic E-state index is -3.50. The number of sulfonamides is 1. The molecule has 1 aromatic heterocycles. The third-order valence-electron chi connectivity index (χ3n) is 4.56. The monoisotopic (exact) mass is 373 g/mol. The Labute approximate surface area is 151 Å². The number of rotatable bonds is 3. The summed E-state index contributed by atoms with van der Waals surface area (Å²) in [5, 5.41) is 1.03. The molecule has 0 aliphatic carbocycles. The number of nitrogens with two attached hydrogens (primary N) is 1. The second kappa shape index (κ2) is 6.40. The van der Waals surface area contributed by atoms with Crippen molar-refractivity contribution >= 4 is 37.3 Å². The highest BCUT2D eigenvalue weighted by molar-refractivity contribution is 7.89. The molecule has 1 aliphatic rings. The van der Waals surface area contributed by atoms with Crippen molar-refractivity contribution in [2.75, 3.05) is 18.8 Å². The molecule has 130 valence electrons. The van der Waals surface area contributed by atoms with Crippen molar-refractivity contribution in [3.8, 4) is 0 Å². The second-order valence-corrected chi connectivity index (χ2v) is 9.29. The van der Waals surface area contributed by atoms with Gasteiger partial charge in [-0.05, 0) is 49.2 Å². The maximum absolute atomic E-state index is 12.9. The molecule has 2 heterocycles. The highest BCUT2D eigenvalue weighted by Crippen LogP contribution is 2.34. The Morgan fingerprint density at radius 2 is 1.88 bits per heavy atom. The van der Waals surface area contributed by atoms with E-state index in [2.05, 4.69) is 6.07 Å². The van der Waals surface area contributed by atoms with Crippen LogP contribution in [0.3, 0.4) is 0 Å². The van der Waals surface area contributed by atoms with E-state index in [-0.39, 0.29) is 5.92 Å². The van der Waals surface area contributed by atoms with Crippen LogP contribution in [0.15, 0.2) is 53.4 Å². The number of aromatic nitrogens is 1. The fraction of sp³-hybridized carbons (Fsp3) is 0.278. The SMILES string of the molecule is Nc1ccc(S(=O)(=O)N2CCCC(c3nc4ccccc4s3)C2)cc1. The van der Waals surface area contributed by atoms with Gasteiger partial charge in [0.15, 0.2) is 0 Å². The fourth-order valence-electron chi connectivity index (χ4n) is 3.22. The van der Waals surface area contributed by atoms with E-state index in [1.165, 1.54) is 0 Å². The second-order valence-electron chi connectivity index (χ2n) is 6.29. The average Bonchev–Trinajstić information content (AvgIpc) is 3.06. The lowest BCUT2D eigenvalue weighted by Gasteiger charge is -2.31. The molecule has 1 atom stereocenters. The highest BCUT2D eigenvalue weighted by atomic mass is 32.2. The summed E-state index contributed by atoms with van der Waals surface area (Å²) in [5.74, 6) is 0.148. The van der Waals surface area contributed by atoms with Crippen molar-refractivity contribution in [3.05, 3.63) is 53.5 Å². The Morgan fingerprint density at radius 1 is 1.12 bits per heavy atom. The third kappa shape index (κ3) is 3.15. The topological polar surface area (TPSA) is 76.3 Å². The summed E-state index contributed by atoms with van der Waals surface area (Å²) in [6.45, 7) is 1.03. The number of anilines is 1. The number of fused-ring (bicyclic) bond motifs is 1. The smallest absolute Gasteiger partial charge is 0.243 e. The molecule has 0 amide bonds. The molecule has 25 heavy (non-hydrogen) atoms. The van der Waals surface area contributed by atoms with Gasteiger partial charge in [0.05, 0.1) is 20.1 Å². The number of hydrogen-bond acceptors (Lipinski definition) is 5. The van der Waals surface area contributed by atoms with E-state index < -0.39 is 10.0 Å². The average molecular weight is 374 g/mol. The summed E-state index contributed by atoms with van der Waals surface area (Å²) in [5.41, 5.74) is 7.22. The molecule has 1 unspecified atom stereocenters. The van der Waals surface area contributed by atoms with Crippen LogP contribution in [-0.4, -0.2) is 30.8 Å². The maximum Gasteiger partial charge on any atom is 0.243 e. The van der Waals surface area contributed by atoms with Gasteiger partial charge >= 0.3 is 0 Å². The summed E-state index contributed by atoms with van der Waals surface area (Å²) in [4.78, 5) is 5.02. The van der Waals surface area contributed by atoms with E-state index in [1.54, 1.807) is 39.9 Å². The molecule has 1 fully saturated rings. The summed E-state index contributed by atoms with van der Waals surface area (Å²) in [6, 6.07) is 14.4. The van der Waals surface area contributed by atoms with Crippen molar-refractivity contribution in [3.63, 3.8) is 0 Å². The lowest BCUT2D eigenvalue weighted by atomic mass is 10.0. The summed E-state index contributed by atoms with van der Waals surface area (Å²) >= 11 is 1.67. The molecule has 2 aromatic carbocycles. The predicted octanol–water partition coefficient (Wildman–Crippen LogP) is 3.45. The third-order valence-corrected chi connectivity index (χ3v) is 7.64. The van der Waals surface area contributed by atoms with Crippen LogP contribution in [0.2, 0.25) is 0 Å². The van der Waals surface area contributed by atoms with Crippen LogP contribution >= 0.6 is 11.3 Å². The molecule has 3 aromatic rings. The first kappa shape index (κ1) is 16.5. The van der Waals surface area contributed by atoms with Gasteiger partial charge in [0.25, 0.3) is 0 Å². The Hall–Kier alpha value is -1.96. The minimum Gasteiger partial charge on any atom is -0.399 e. The lowest BCUT2D eigenvalue weighted by molar-refractivity contribution is 0.315. The highest BCUT2D eigenvalue weighted by Gasteiger charge is 2.32. The van der Waals surface area contributed by atoms with E-state index in [0.29, 0.717) is 23.7 Å². The predicted molar refractivity (Wildman–Crippen MR) is 101 cm³/mol. The number of hydrogen-bond donors (Lipinski definition) is 1. The number of nitrogens with zero attached hydrogens (tertiary/aromatic N) is 2. The van der Waals surface area contributed by atoms with E-state index >= 15 is 0 Å². The first-order valence-electron chi connectivity index (χ1n) is 8.25. The number of thiazole rings is 1. The normalized spacial score (nSPS) is 19.3. The Balaban J connectivity index is 1.61. The van der Waals surface area contributed by atoms with E-state index in [0.717, 1.165) is 28.1 Å². The Morgan fingerprint density at radius 3 is 2.64 bits per heavy atom. The number of para-hydroxylation sites is 1. The van der Waals surface area contributed by atoms with Crippen LogP contribution in [0, 0.1) is 0 Å². The van der Waals surface area contributed by atoms with Gasteiger partial charge in [-0.2, -0.15) is 4.31 Å². The molecule has 0 radical (unpaired) electrons. The minimum absolute atomic E-state index is 0.148. The molecule has 7 heteroatoms. The van der Waals surface area contributed by atoms with Crippen molar-refractivity contribution < 1.29 is 8.42 Å². The molecule has 2 N–H and O–H groups in total. The van der Waals surface area contributed by atoms with Gasteiger partial charge in [-0.1, -0.05) is 12.1 Å². The van der Waals surface area contributed by atoms with E-state index in [1.807, 2.05) is 18.2 Å². The zero-order valence-electron chi connectivity index (χ0n) is 13.6. The summed E-state index contributed by atoms with van der Waals surface area (Å²) < 4.78 is 28.6. The van der Waals surface area contributed by atoms with Gasteiger partial charge in [-0.25, -0.2) is 13.4 Å². The van der Waals surface area contributed by atoms with Crippen LogP contribution in [0.1, 0.15) is 23.8 Å². The van der Waals surface area contributed by atoms with Crippen LogP contribution in [0.5, 0.6) is 0 Å².